The lowest BCUT2D eigenvalue weighted by atomic mass is 10.1. The Morgan fingerprint density at radius 2 is 2.11 bits per heavy atom. The lowest BCUT2D eigenvalue weighted by Crippen LogP contribution is -2.43. The summed E-state index contributed by atoms with van der Waals surface area (Å²) in [6.45, 7) is 2.43. The number of rotatable bonds is 5. The van der Waals surface area contributed by atoms with Crippen LogP contribution in [0, 0.1) is 0 Å². The van der Waals surface area contributed by atoms with E-state index in [-0.39, 0.29) is 6.04 Å². The zero-order chi connectivity index (χ0) is 13.9. The normalized spacial score (nSPS) is 18.8. The maximum atomic E-state index is 12.3. The summed E-state index contributed by atoms with van der Waals surface area (Å²) in [4.78, 5) is 3.24. The summed E-state index contributed by atoms with van der Waals surface area (Å²) < 4.78 is 27.7. The van der Waals surface area contributed by atoms with Gasteiger partial charge in [-0.3, -0.25) is 0 Å². The van der Waals surface area contributed by atoms with Crippen LogP contribution in [0.4, 0.5) is 0 Å². The van der Waals surface area contributed by atoms with Crippen LogP contribution in [0.1, 0.15) is 17.7 Å². The van der Waals surface area contributed by atoms with Gasteiger partial charge in [0.05, 0.1) is 0 Å². The Bertz CT molecular complexity index is 505. The molecule has 0 atom stereocenters. The van der Waals surface area contributed by atoms with Crippen LogP contribution in [0.2, 0.25) is 0 Å². The zero-order valence-electron chi connectivity index (χ0n) is 11.1. The molecule has 2 rings (SSSR count). The molecule has 108 valence electrons. The van der Waals surface area contributed by atoms with E-state index in [1.54, 1.807) is 6.07 Å². The van der Waals surface area contributed by atoms with Gasteiger partial charge in [0.2, 0.25) is 10.0 Å². The molecule has 1 aliphatic rings. The number of nitrogens with two attached hydrogens (primary N) is 1. The molecule has 1 fully saturated rings. The summed E-state index contributed by atoms with van der Waals surface area (Å²) in [5, 5.41) is 0. The van der Waals surface area contributed by atoms with Gasteiger partial charge >= 0.3 is 0 Å². The van der Waals surface area contributed by atoms with Crippen molar-refractivity contribution in [3.05, 3.63) is 17.0 Å². The van der Waals surface area contributed by atoms with Gasteiger partial charge in [-0.1, -0.05) is 0 Å². The molecule has 1 aromatic rings. The molecule has 0 aliphatic carbocycles. The largest absolute Gasteiger partial charge is 0.330 e. The topological polar surface area (TPSA) is 75.4 Å². The van der Waals surface area contributed by atoms with E-state index in [0.29, 0.717) is 10.8 Å². The molecule has 0 radical (unpaired) electrons. The summed E-state index contributed by atoms with van der Waals surface area (Å²) >= 11 is 1.31. The van der Waals surface area contributed by atoms with Gasteiger partial charge in [0.1, 0.15) is 4.21 Å². The maximum Gasteiger partial charge on any atom is 0.250 e. The molecule has 1 aromatic heterocycles. The van der Waals surface area contributed by atoms with Crippen molar-refractivity contribution in [2.45, 2.75) is 29.5 Å². The molecule has 0 aromatic carbocycles. The monoisotopic (exact) mass is 303 g/mol. The highest BCUT2D eigenvalue weighted by molar-refractivity contribution is 7.91. The van der Waals surface area contributed by atoms with Crippen LogP contribution in [0.25, 0.3) is 0 Å². The number of thiophene rings is 1. The van der Waals surface area contributed by atoms with Gasteiger partial charge in [0.25, 0.3) is 0 Å². The van der Waals surface area contributed by atoms with E-state index in [1.165, 1.54) is 11.3 Å². The smallest absolute Gasteiger partial charge is 0.250 e. The first-order chi connectivity index (χ1) is 9.01. The summed E-state index contributed by atoms with van der Waals surface area (Å²) in [7, 11) is -1.31. The summed E-state index contributed by atoms with van der Waals surface area (Å²) in [5.41, 5.74) is 5.48. The van der Waals surface area contributed by atoms with Gasteiger partial charge in [0.15, 0.2) is 0 Å². The standard InChI is InChI=1S/C12H21N3O2S2/c1-15-8-5-10(6-9-15)14-19(16,17)12-3-2-11(18-12)4-7-13/h2-3,10,14H,4-9,13H2,1H3. The van der Waals surface area contributed by atoms with Gasteiger partial charge in [-0.2, -0.15) is 0 Å². The second-order valence-electron chi connectivity index (χ2n) is 4.96. The van der Waals surface area contributed by atoms with Gasteiger partial charge in [-0.15, -0.1) is 11.3 Å². The zero-order valence-corrected chi connectivity index (χ0v) is 12.8. The molecule has 1 aliphatic heterocycles. The van der Waals surface area contributed by atoms with E-state index in [2.05, 4.69) is 16.7 Å². The first-order valence-electron chi connectivity index (χ1n) is 6.51. The van der Waals surface area contributed by atoms with Gasteiger partial charge in [-0.05, 0) is 58.1 Å². The number of sulfonamides is 1. The van der Waals surface area contributed by atoms with Gasteiger partial charge in [0, 0.05) is 10.9 Å². The summed E-state index contributed by atoms with van der Waals surface area (Å²) in [6, 6.07) is 3.58. The SMILES string of the molecule is CN1CCC(NS(=O)(=O)c2ccc(CCN)s2)CC1. The molecule has 0 unspecified atom stereocenters. The Kier molecular flexibility index (Phi) is 4.97. The van der Waals surface area contributed by atoms with E-state index < -0.39 is 10.0 Å². The van der Waals surface area contributed by atoms with Crippen molar-refractivity contribution in [3.8, 4) is 0 Å². The number of nitrogens with zero attached hydrogens (tertiary/aromatic N) is 1. The van der Waals surface area contributed by atoms with Crippen LogP contribution in [0.15, 0.2) is 16.3 Å². The molecular weight excluding hydrogens is 282 g/mol. The number of hydrogen-bond donors (Lipinski definition) is 2. The molecule has 0 spiro atoms. The fraction of sp³-hybridized carbons (Fsp3) is 0.667. The molecule has 0 saturated carbocycles. The fourth-order valence-electron chi connectivity index (χ4n) is 2.18. The molecule has 3 N–H and O–H groups in total. The molecule has 0 amide bonds. The predicted molar refractivity (Wildman–Crippen MR) is 77.9 cm³/mol. The van der Waals surface area contributed by atoms with E-state index in [9.17, 15) is 8.42 Å². The number of likely N-dealkylation sites (tertiary alicyclic amines) is 1. The van der Waals surface area contributed by atoms with Crippen LogP contribution in [0.5, 0.6) is 0 Å². The Morgan fingerprint density at radius 1 is 1.42 bits per heavy atom. The fourth-order valence-corrected chi connectivity index (χ4v) is 4.88. The highest BCUT2D eigenvalue weighted by Gasteiger charge is 2.24. The van der Waals surface area contributed by atoms with Gasteiger partial charge < -0.3 is 10.6 Å². The van der Waals surface area contributed by atoms with E-state index in [4.69, 9.17) is 5.73 Å². The molecule has 19 heavy (non-hydrogen) atoms. The number of nitrogens with one attached hydrogen (secondary N) is 1. The van der Waals surface area contributed by atoms with Gasteiger partial charge in [-0.25, -0.2) is 13.1 Å². The summed E-state index contributed by atoms with van der Waals surface area (Å²) in [6.07, 6.45) is 2.47. The van der Waals surface area contributed by atoms with Crippen LogP contribution in [-0.2, 0) is 16.4 Å². The highest BCUT2D eigenvalue weighted by atomic mass is 32.2. The van der Waals surface area contributed by atoms with Crippen LogP contribution < -0.4 is 10.5 Å². The van der Waals surface area contributed by atoms with Crippen LogP contribution in [-0.4, -0.2) is 46.0 Å². The molecule has 7 heteroatoms. The molecule has 1 saturated heterocycles. The van der Waals surface area contributed by atoms with Crippen molar-refractivity contribution >= 4 is 21.4 Å². The predicted octanol–water partition coefficient (Wildman–Crippen LogP) is 0.622. The van der Waals surface area contributed by atoms with E-state index in [0.717, 1.165) is 37.2 Å². The number of hydrogen-bond acceptors (Lipinski definition) is 5. The minimum Gasteiger partial charge on any atom is -0.330 e. The molecular formula is C12H21N3O2S2. The molecule has 2 heterocycles. The van der Waals surface area contributed by atoms with Crippen molar-refractivity contribution in [2.24, 2.45) is 5.73 Å². The Labute approximate surface area is 118 Å². The molecule has 5 nitrogen and oxygen atoms in total. The summed E-state index contributed by atoms with van der Waals surface area (Å²) in [5.74, 6) is 0. The second kappa shape index (κ2) is 6.32. The van der Waals surface area contributed by atoms with Crippen molar-refractivity contribution in [3.63, 3.8) is 0 Å². The molecule has 0 bridgehead atoms. The van der Waals surface area contributed by atoms with Crippen molar-refractivity contribution in [2.75, 3.05) is 26.7 Å². The van der Waals surface area contributed by atoms with E-state index >= 15 is 0 Å². The first kappa shape index (κ1) is 14.9. The quantitative estimate of drug-likeness (QED) is 0.836. The average molecular weight is 303 g/mol. The van der Waals surface area contributed by atoms with Crippen molar-refractivity contribution in [1.29, 1.82) is 0 Å². The van der Waals surface area contributed by atoms with Crippen LogP contribution in [0.3, 0.4) is 0 Å². The lowest BCUT2D eigenvalue weighted by Gasteiger charge is -2.29. The third-order valence-electron chi connectivity index (χ3n) is 3.33. The van der Waals surface area contributed by atoms with Crippen LogP contribution >= 0.6 is 11.3 Å². The first-order valence-corrected chi connectivity index (χ1v) is 8.81. The minimum atomic E-state index is -3.37. The second-order valence-corrected chi connectivity index (χ2v) is 8.07. The van der Waals surface area contributed by atoms with E-state index in [1.807, 2.05) is 6.07 Å². The third kappa shape index (κ3) is 4.00. The van der Waals surface area contributed by atoms with Crippen molar-refractivity contribution < 1.29 is 8.42 Å². The maximum absolute atomic E-state index is 12.3. The average Bonchev–Trinajstić information content (AvgIpc) is 2.82. The lowest BCUT2D eigenvalue weighted by molar-refractivity contribution is 0.248. The Hall–Kier alpha value is -0.470. The highest BCUT2D eigenvalue weighted by Crippen LogP contribution is 2.23. The minimum absolute atomic E-state index is 0.0567. The number of piperidine rings is 1. The Morgan fingerprint density at radius 3 is 2.74 bits per heavy atom. The Balaban J connectivity index is 2.01. The third-order valence-corrected chi connectivity index (χ3v) is 6.49. The van der Waals surface area contributed by atoms with Crippen molar-refractivity contribution in [1.82, 2.24) is 9.62 Å².